The lowest BCUT2D eigenvalue weighted by molar-refractivity contribution is 1.20. The first-order chi connectivity index (χ1) is 10.9. The van der Waals surface area contributed by atoms with E-state index >= 15 is 0 Å². The molecule has 1 aromatic carbocycles. The second-order valence-corrected chi connectivity index (χ2v) is 5.12. The van der Waals surface area contributed by atoms with Gasteiger partial charge in [-0.15, -0.1) is 0 Å². The largest absolute Gasteiger partial charge is 0.368 e. The van der Waals surface area contributed by atoms with Crippen LogP contribution >= 0.6 is 0 Å². The van der Waals surface area contributed by atoms with Gasteiger partial charge in [0, 0.05) is 12.4 Å². The molecule has 108 valence electrons. The summed E-state index contributed by atoms with van der Waals surface area (Å²) in [7, 11) is 0. The van der Waals surface area contributed by atoms with Crippen molar-refractivity contribution in [3.05, 3.63) is 107 Å². The van der Waals surface area contributed by atoms with E-state index in [1.54, 1.807) is 0 Å². The standard InChI is InChI=1S/C15H12.C6H7N/c1-3-10-14-12(6-1)8-5-9-13-7-2-4-11-15(13)14;1-2-4-6-7-5-3-1/h1-10H,11H2;1-7H. The normalized spacial score (nSPS) is 16.9. The highest BCUT2D eigenvalue weighted by Crippen LogP contribution is 2.21. The smallest absolute Gasteiger partial charge is 0.000442 e. The molecule has 1 aromatic rings. The average Bonchev–Trinajstić information content (AvgIpc) is 2.97. The van der Waals surface area contributed by atoms with Crippen molar-refractivity contribution >= 4 is 11.6 Å². The molecule has 0 bridgehead atoms. The Balaban J connectivity index is 0.000000174. The monoisotopic (exact) mass is 285 g/mol. The molecule has 0 atom stereocenters. The second kappa shape index (κ2) is 7.28. The molecule has 1 nitrogen and oxygen atoms in total. The molecule has 1 N–H and O–H groups in total. The Bertz CT molecular complexity index is 813. The third-order valence-electron chi connectivity index (χ3n) is 3.64. The summed E-state index contributed by atoms with van der Waals surface area (Å²) < 4.78 is 0. The molecule has 1 heterocycles. The third-order valence-corrected chi connectivity index (χ3v) is 3.64. The number of hydrogen-bond acceptors (Lipinski definition) is 1. The van der Waals surface area contributed by atoms with Crippen molar-refractivity contribution in [1.29, 1.82) is 0 Å². The summed E-state index contributed by atoms with van der Waals surface area (Å²) in [5.74, 6) is 0. The van der Waals surface area contributed by atoms with Gasteiger partial charge in [0.25, 0.3) is 0 Å². The van der Waals surface area contributed by atoms with E-state index in [-0.39, 0.29) is 0 Å². The minimum Gasteiger partial charge on any atom is -0.368 e. The Kier molecular flexibility index (Phi) is 4.68. The maximum atomic E-state index is 2.92. The highest BCUT2D eigenvalue weighted by Gasteiger charge is 2.06. The summed E-state index contributed by atoms with van der Waals surface area (Å²) in [6.07, 6.45) is 25.7. The third kappa shape index (κ3) is 3.44. The van der Waals surface area contributed by atoms with Crippen molar-refractivity contribution < 1.29 is 0 Å². The molecule has 4 rings (SSSR count). The Hall–Kier alpha value is -2.80. The minimum atomic E-state index is 1.04. The van der Waals surface area contributed by atoms with E-state index in [1.165, 1.54) is 21.6 Å². The molecule has 0 saturated heterocycles. The van der Waals surface area contributed by atoms with Crippen LogP contribution in [0.1, 0.15) is 6.42 Å². The van der Waals surface area contributed by atoms with Gasteiger partial charge in [0.05, 0.1) is 0 Å². The quantitative estimate of drug-likeness (QED) is 0.771. The Labute approximate surface area is 131 Å². The predicted octanol–water partition coefficient (Wildman–Crippen LogP) is 3.25. The first-order valence-corrected chi connectivity index (χ1v) is 7.53. The Morgan fingerprint density at radius 1 is 0.773 bits per heavy atom. The first kappa shape index (κ1) is 14.2. The predicted molar refractivity (Wildman–Crippen MR) is 95.1 cm³/mol. The van der Waals surface area contributed by atoms with Crippen LogP contribution in [-0.2, 0) is 0 Å². The molecule has 1 aliphatic heterocycles. The van der Waals surface area contributed by atoms with E-state index in [2.05, 4.69) is 66.0 Å². The van der Waals surface area contributed by atoms with Crippen LogP contribution in [0.4, 0.5) is 0 Å². The zero-order valence-corrected chi connectivity index (χ0v) is 12.4. The van der Waals surface area contributed by atoms with E-state index in [1.807, 2.05) is 36.7 Å². The van der Waals surface area contributed by atoms with Crippen molar-refractivity contribution in [3.63, 3.8) is 0 Å². The fraction of sp³-hybridized carbons (Fsp3) is 0.0476. The van der Waals surface area contributed by atoms with Crippen LogP contribution in [0.5, 0.6) is 0 Å². The van der Waals surface area contributed by atoms with Gasteiger partial charge >= 0.3 is 0 Å². The number of rotatable bonds is 0. The van der Waals surface area contributed by atoms with Crippen molar-refractivity contribution in [1.82, 2.24) is 5.32 Å². The zero-order chi connectivity index (χ0) is 15.0. The zero-order valence-electron chi connectivity index (χ0n) is 12.4. The number of fused-ring (bicyclic) bond motifs is 2. The summed E-state index contributed by atoms with van der Waals surface area (Å²) in [5, 5.41) is 5.62. The van der Waals surface area contributed by atoms with Gasteiger partial charge < -0.3 is 5.32 Å². The first-order valence-electron chi connectivity index (χ1n) is 7.53. The summed E-state index contributed by atoms with van der Waals surface area (Å²) >= 11 is 0. The molecule has 1 heteroatoms. The highest BCUT2D eigenvalue weighted by atomic mass is 14.8. The lowest BCUT2D eigenvalue weighted by Gasteiger charge is -2.09. The van der Waals surface area contributed by atoms with E-state index in [9.17, 15) is 0 Å². The number of nitrogens with one attached hydrogen (secondary N) is 1. The molecule has 0 amide bonds. The van der Waals surface area contributed by atoms with Gasteiger partial charge in [0.15, 0.2) is 0 Å². The second-order valence-electron chi connectivity index (χ2n) is 5.12. The van der Waals surface area contributed by atoms with Gasteiger partial charge in [-0.2, -0.15) is 0 Å². The number of benzene rings is 1. The highest BCUT2D eigenvalue weighted by molar-refractivity contribution is 5.74. The SMILES string of the molecule is C1=CC=CNC=C1.C1=CCC2=c3ccccc3=CC=CC2=C1. The van der Waals surface area contributed by atoms with Crippen LogP contribution in [0.3, 0.4) is 0 Å². The minimum absolute atomic E-state index is 1.04. The maximum Gasteiger partial charge on any atom is 0.000442 e. The maximum absolute atomic E-state index is 2.92. The topological polar surface area (TPSA) is 12.0 Å². The van der Waals surface area contributed by atoms with Gasteiger partial charge in [0.1, 0.15) is 0 Å². The fourth-order valence-electron chi connectivity index (χ4n) is 2.58. The molecule has 0 unspecified atom stereocenters. The molecular formula is C21H19N. The Morgan fingerprint density at radius 2 is 1.59 bits per heavy atom. The molecule has 22 heavy (non-hydrogen) atoms. The lowest BCUT2D eigenvalue weighted by Crippen LogP contribution is -2.26. The summed E-state index contributed by atoms with van der Waals surface area (Å²) in [4.78, 5) is 0. The number of hydrogen-bond donors (Lipinski definition) is 1. The molecule has 2 aliphatic carbocycles. The lowest BCUT2D eigenvalue weighted by atomic mass is 9.96. The number of allylic oxidation sites excluding steroid dienone is 10. The van der Waals surface area contributed by atoms with E-state index in [4.69, 9.17) is 0 Å². The van der Waals surface area contributed by atoms with Crippen LogP contribution < -0.4 is 15.8 Å². The molecule has 0 fully saturated rings. The van der Waals surface area contributed by atoms with Crippen molar-refractivity contribution in [2.45, 2.75) is 6.42 Å². The molecule has 3 aliphatic rings. The van der Waals surface area contributed by atoms with Gasteiger partial charge in [-0.1, -0.05) is 72.9 Å². The van der Waals surface area contributed by atoms with E-state index < -0.39 is 0 Å². The van der Waals surface area contributed by atoms with Crippen LogP contribution in [0.2, 0.25) is 0 Å². The summed E-state index contributed by atoms with van der Waals surface area (Å²) in [5.41, 5.74) is 2.79. The molecular weight excluding hydrogens is 266 g/mol. The van der Waals surface area contributed by atoms with E-state index in [0.717, 1.165) is 6.42 Å². The van der Waals surface area contributed by atoms with E-state index in [0.29, 0.717) is 0 Å². The van der Waals surface area contributed by atoms with Crippen molar-refractivity contribution in [2.24, 2.45) is 0 Å². The van der Waals surface area contributed by atoms with Gasteiger partial charge in [-0.25, -0.2) is 0 Å². The van der Waals surface area contributed by atoms with Crippen LogP contribution in [-0.4, -0.2) is 0 Å². The van der Waals surface area contributed by atoms with Gasteiger partial charge in [0.2, 0.25) is 0 Å². The van der Waals surface area contributed by atoms with Crippen molar-refractivity contribution in [3.8, 4) is 0 Å². The fourth-order valence-corrected chi connectivity index (χ4v) is 2.58. The summed E-state index contributed by atoms with van der Waals surface area (Å²) in [6, 6.07) is 8.59. The van der Waals surface area contributed by atoms with Crippen LogP contribution in [0.15, 0.2) is 96.9 Å². The Morgan fingerprint density at radius 3 is 2.45 bits per heavy atom. The van der Waals surface area contributed by atoms with Crippen LogP contribution in [0, 0.1) is 0 Å². The average molecular weight is 285 g/mol. The van der Waals surface area contributed by atoms with Gasteiger partial charge in [-0.3, -0.25) is 0 Å². The molecule has 0 spiro atoms. The van der Waals surface area contributed by atoms with Crippen molar-refractivity contribution in [2.75, 3.05) is 0 Å². The molecule has 0 saturated carbocycles. The van der Waals surface area contributed by atoms with Gasteiger partial charge in [-0.05, 0) is 40.2 Å². The van der Waals surface area contributed by atoms with Crippen LogP contribution in [0.25, 0.3) is 11.6 Å². The molecule has 0 aromatic heterocycles. The molecule has 0 radical (unpaired) electrons. The summed E-state index contributed by atoms with van der Waals surface area (Å²) in [6.45, 7) is 0.